The van der Waals surface area contributed by atoms with E-state index < -0.39 is 11.7 Å². The smallest absolute Gasteiger partial charge is 0.316 e. The standard InChI is InChI=1S/C29H45BrO4/c1-19(8-6-14-28(3,4)33)24-12-13-25-21(9-7-15-29(24,25)5)10-11-22-16-23(34-27(32)18-30)17-26(31)20(22)2/h10-11,19,23-26,31,33H,2,6-9,12-18H2,1,3-5H3/b21-10+,22-11-/t19-,23-,24-,25?,26+,29-/m1/s1. The van der Waals surface area contributed by atoms with Gasteiger partial charge in [0, 0.05) is 12.8 Å². The lowest BCUT2D eigenvalue weighted by molar-refractivity contribution is -0.147. The number of fused-ring (bicyclic) bond motifs is 1. The topological polar surface area (TPSA) is 66.8 Å². The fraction of sp³-hybridized carbons (Fsp3) is 0.759. The van der Waals surface area contributed by atoms with Gasteiger partial charge in [-0.2, -0.15) is 0 Å². The second kappa shape index (κ2) is 11.4. The van der Waals surface area contributed by atoms with E-state index in [9.17, 15) is 15.0 Å². The van der Waals surface area contributed by atoms with Crippen LogP contribution in [0, 0.1) is 23.2 Å². The summed E-state index contributed by atoms with van der Waals surface area (Å²) < 4.78 is 5.50. The molecule has 0 aromatic heterocycles. The minimum atomic E-state index is -0.663. The Morgan fingerprint density at radius 2 is 2.09 bits per heavy atom. The number of alkyl halides is 1. The minimum absolute atomic E-state index is 0.168. The molecule has 0 radical (unpaired) electrons. The lowest BCUT2D eigenvalue weighted by Gasteiger charge is -2.44. The molecule has 0 aliphatic heterocycles. The molecular formula is C29H45BrO4. The summed E-state index contributed by atoms with van der Waals surface area (Å²) >= 11 is 3.14. The van der Waals surface area contributed by atoms with Crippen LogP contribution in [-0.4, -0.2) is 39.3 Å². The summed E-state index contributed by atoms with van der Waals surface area (Å²) in [6.07, 6.45) is 13.8. The molecule has 0 heterocycles. The van der Waals surface area contributed by atoms with Crippen molar-refractivity contribution in [3.63, 3.8) is 0 Å². The molecule has 0 bridgehead atoms. The Kier molecular flexibility index (Phi) is 9.30. The number of hydrogen-bond acceptors (Lipinski definition) is 4. The van der Waals surface area contributed by atoms with E-state index in [0.717, 1.165) is 36.3 Å². The Morgan fingerprint density at radius 1 is 1.35 bits per heavy atom. The minimum Gasteiger partial charge on any atom is -0.461 e. The molecule has 0 saturated heterocycles. The lowest BCUT2D eigenvalue weighted by Crippen LogP contribution is -2.36. The van der Waals surface area contributed by atoms with Crippen molar-refractivity contribution in [1.82, 2.24) is 0 Å². The molecule has 3 aliphatic rings. The van der Waals surface area contributed by atoms with Crippen molar-refractivity contribution in [2.24, 2.45) is 23.2 Å². The first-order valence-corrected chi connectivity index (χ1v) is 14.3. The van der Waals surface area contributed by atoms with Gasteiger partial charge in [0.25, 0.3) is 0 Å². The summed E-state index contributed by atoms with van der Waals surface area (Å²) in [5, 5.41) is 20.7. The highest BCUT2D eigenvalue weighted by molar-refractivity contribution is 9.09. The average Bonchev–Trinajstić information content (AvgIpc) is 3.11. The highest BCUT2D eigenvalue weighted by Crippen LogP contribution is 2.60. The number of halogens is 1. The summed E-state index contributed by atoms with van der Waals surface area (Å²) in [6, 6.07) is 0. The van der Waals surface area contributed by atoms with Crippen molar-refractivity contribution in [3.8, 4) is 0 Å². The fourth-order valence-electron chi connectivity index (χ4n) is 7.03. The highest BCUT2D eigenvalue weighted by atomic mass is 79.9. The molecule has 34 heavy (non-hydrogen) atoms. The third-order valence-electron chi connectivity index (χ3n) is 8.83. The van der Waals surface area contributed by atoms with Crippen LogP contribution >= 0.6 is 15.9 Å². The van der Waals surface area contributed by atoms with E-state index in [1.165, 1.54) is 37.7 Å². The van der Waals surface area contributed by atoms with Crippen LogP contribution in [0.4, 0.5) is 0 Å². The van der Waals surface area contributed by atoms with E-state index >= 15 is 0 Å². The van der Waals surface area contributed by atoms with Crippen molar-refractivity contribution in [3.05, 3.63) is 35.5 Å². The summed E-state index contributed by atoms with van der Waals surface area (Å²) in [7, 11) is 0. The summed E-state index contributed by atoms with van der Waals surface area (Å²) in [5.41, 5.74) is 3.06. The first-order valence-electron chi connectivity index (χ1n) is 13.2. The van der Waals surface area contributed by atoms with Crippen molar-refractivity contribution in [2.45, 2.75) is 110 Å². The summed E-state index contributed by atoms with van der Waals surface area (Å²) in [6.45, 7) is 12.9. The summed E-state index contributed by atoms with van der Waals surface area (Å²) in [5.74, 6) is 1.73. The molecule has 0 amide bonds. The number of ether oxygens (including phenoxy) is 1. The van der Waals surface area contributed by atoms with E-state index in [0.29, 0.717) is 30.1 Å². The quantitative estimate of drug-likeness (QED) is 0.269. The average molecular weight is 538 g/mol. The van der Waals surface area contributed by atoms with E-state index in [-0.39, 0.29) is 17.4 Å². The van der Waals surface area contributed by atoms with Crippen LogP contribution in [0.25, 0.3) is 0 Å². The van der Waals surface area contributed by atoms with Crippen LogP contribution in [0.15, 0.2) is 35.5 Å². The molecular weight excluding hydrogens is 492 g/mol. The van der Waals surface area contributed by atoms with Gasteiger partial charge in [-0.1, -0.05) is 66.9 Å². The zero-order chi connectivity index (χ0) is 25.1. The first-order chi connectivity index (χ1) is 15.9. The zero-order valence-electron chi connectivity index (χ0n) is 21.6. The number of hydrogen-bond donors (Lipinski definition) is 2. The number of esters is 1. The monoisotopic (exact) mass is 536 g/mol. The molecule has 5 heteroatoms. The second-order valence-corrected chi connectivity index (χ2v) is 12.5. The molecule has 3 aliphatic carbocycles. The lowest BCUT2D eigenvalue weighted by atomic mass is 9.60. The van der Waals surface area contributed by atoms with Crippen LogP contribution in [0.1, 0.15) is 91.9 Å². The molecule has 6 atom stereocenters. The van der Waals surface area contributed by atoms with Crippen LogP contribution < -0.4 is 0 Å². The SMILES string of the molecule is C=C1/C(=C\C=C2/CCC[C@@]3(C)C2CC[C@@H]3[C@H](C)CCCC(C)(C)O)C[C@@H](OC(=O)CBr)C[C@@H]1O. The van der Waals surface area contributed by atoms with Gasteiger partial charge in [-0.15, -0.1) is 0 Å². The molecule has 4 nitrogen and oxygen atoms in total. The maximum atomic E-state index is 11.7. The Balaban J connectivity index is 1.71. The fourth-order valence-corrected chi connectivity index (χ4v) is 7.16. The number of aliphatic hydroxyl groups is 2. The first kappa shape index (κ1) is 27.7. The number of allylic oxidation sites excluding steroid dienone is 3. The van der Waals surface area contributed by atoms with Crippen molar-refractivity contribution in [1.29, 1.82) is 0 Å². The van der Waals surface area contributed by atoms with Gasteiger partial charge in [0.1, 0.15) is 11.4 Å². The maximum Gasteiger partial charge on any atom is 0.316 e. The van der Waals surface area contributed by atoms with Gasteiger partial charge in [-0.05, 0) is 86.7 Å². The molecule has 3 saturated carbocycles. The predicted molar refractivity (Wildman–Crippen MR) is 142 cm³/mol. The number of carbonyl (C=O) groups is 1. The zero-order valence-corrected chi connectivity index (χ0v) is 23.2. The molecule has 0 aromatic rings. The summed E-state index contributed by atoms with van der Waals surface area (Å²) in [4.78, 5) is 11.7. The molecule has 3 fully saturated rings. The molecule has 2 N–H and O–H groups in total. The Hall–Kier alpha value is -0.910. The van der Waals surface area contributed by atoms with Gasteiger partial charge in [0.05, 0.1) is 11.7 Å². The van der Waals surface area contributed by atoms with Gasteiger partial charge >= 0.3 is 5.97 Å². The Bertz CT molecular complexity index is 807. The maximum absolute atomic E-state index is 11.7. The second-order valence-electron chi connectivity index (χ2n) is 11.9. The number of carbonyl (C=O) groups excluding carboxylic acids is 1. The van der Waals surface area contributed by atoms with Gasteiger partial charge in [0.2, 0.25) is 0 Å². The third kappa shape index (κ3) is 6.64. The van der Waals surface area contributed by atoms with E-state index in [2.05, 4.69) is 48.5 Å². The molecule has 1 unspecified atom stereocenters. The predicted octanol–water partition coefficient (Wildman–Crippen LogP) is 6.65. The van der Waals surface area contributed by atoms with E-state index in [1.54, 1.807) is 0 Å². The van der Waals surface area contributed by atoms with Crippen molar-refractivity contribution < 1.29 is 19.7 Å². The van der Waals surface area contributed by atoms with Crippen LogP contribution in [0.3, 0.4) is 0 Å². The van der Waals surface area contributed by atoms with Gasteiger partial charge < -0.3 is 14.9 Å². The molecule has 3 rings (SSSR count). The van der Waals surface area contributed by atoms with Crippen molar-refractivity contribution >= 4 is 21.9 Å². The van der Waals surface area contributed by atoms with Crippen LogP contribution in [0.5, 0.6) is 0 Å². The van der Waals surface area contributed by atoms with E-state index in [1.807, 2.05) is 13.8 Å². The molecule has 0 spiro atoms. The highest BCUT2D eigenvalue weighted by Gasteiger charge is 2.50. The third-order valence-corrected chi connectivity index (χ3v) is 9.28. The van der Waals surface area contributed by atoms with E-state index in [4.69, 9.17) is 4.74 Å². The number of rotatable bonds is 8. The largest absolute Gasteiger partial charge is 0.461 e. The molecule has 0 aromatic carbocycles. The Morgan fingerprint density at radius 3 is 2.76 bits per heavy atom. The number of aliphatic hydroxyl groups excluding tert-OH is 1. The van der Waals surface area contributed by atoms with Crippen LogP contribution in [-0.2, 0) is 9.53 Å². The molecule has 192 valence electrons. The van der Waals surface area contributed by atoms with Gasteiger partial charge in [-0.25, -0.2) is 0 Å². The van der Waals surface area contributed by atoms with Gasteiger partial charge in [-0.3, -0.25) is 4.79 Å². The van der Waals surface area contributed by atoms with Crippen LogP contribution in [0.2, 0.25) is 0 Å². The Labute approximate surface area is 215 Å². The van der Waals surface area contributed by atoms with Crippen molar-refractivity contribution in [2.75, 3.05) is 5.33 Å². The van der Waals surface area contributed by atoms with Gasteiger partial charge in [0.15, 0.2) is 0 Å². The normalized spacial score (nSPS) is 35.4.